The molecule has 1 rings (SSSR count). The molecule has 5 nitrogen and oxygen atoms in total. The standard InChI is InChI=1S/C13H25N3O2S2/c1-5-6-16-10-13(7-12(16)9-14-3)20(17,18)15-8-11(2)19-4/h7,10-11,14-15H,5-6,8-9H2,1-4H3. The van der Waals surface area contributed by atoms with Crippen molar-refractivity contribution in [3.05, 3.63) is 18.0 Å². The summed E-state index contributed by atoms with van der Waals surface area (Å²) >= 11 is 1.64. The highest BCUT2D eigenvalue weighted by Gasteiger charge is 2.18. The van der Waals surface area contributed by atoms with Crippen LogP contribution in [0.15, 0.2) is 17.2 Å². The van der Waals surface area contributed by atoms with Crippen LogP contribution in [0.4, 0.5) is 0 Å². The highest BCUT2D eigenvalue weighted by atomic mass is 32.2. The van der Waals surface area contributed by atoms with Crippen molar-refractivity contribution < 1.29 is 8.42 Å². The number of nitrogens with zero attached hydrogens (tertiary/aromatic N) is 1. The molecular weight excluding hydrogens is 294 g/mol. The first-order valence-corrected chi connectivity index (χ1v) is 9.57. The van der Waals surface area contributed by atoms with E-state index in [0.29, 0.717) is 18.0 Å². The molecule has 0 fully saturated rings. The molecule has 0 amide bonds. The second-order valence-corrected chi connectivity index (χ2v) is 7.83. The zero-order valence-electron chi connectivity index (χ0n) is 12.6. The molecule has 1 heterocycles. The Labute approximate surface area is 126 Å². The highest BCUT2D eigenvalue weighted by molar-refractivity contribution is 7.99. The Morgan fingerprint density at radius 1 is 1.45 bits per heavy atom. The molecule has 0 aliphatic heterocycles. The second kappa shape index (κ2) is 8.07. The number of aromatic nitrogens is 1. The van der Waals surface area contributed by atoms with E-state index in [1.807, 2.05) is 24.8 Å². The molecule has 0 aliphatic carbocycles. The zero-order valence-corrected chi connectivity index (χ0v) is 14.3. The van der Waals surface area contributed by atoms with E-state index in [-0.39, 0.29) is 5.25 Å². The SMILES string of the molecule is CCCn1cc(S(=O)(=O)NCC(C)SC)cc1CNC. The highest BCUT2D eigenvalue weighted by Crippen LogP contribution is 2.16. The lowest BCUT2D eigenvalue weighted by Crippen LogP contribution is -2.29. The van der Waals surface area contributed by atoms with E-state index in [1.165, 1.54) is 0 Å². The van der Waals surface area contributed by atoms with Crippen molar-refractivity contribution in [3.8, 4) is 0 Å². The Morgan fingerprint density at radius 2 is 2.15 bits per heavy atom. The summed E-state index contributed by atoms with van der Waals surface area (Å²) in [5.74, 6) is 0. The molecule has 0 aliphatic rings. The van der Waals surface area contributed by atoms with Gasteiger partial charge >= 0.3 is 0 Å². The van der Waals surface area contributed by atoms with Crippen LogP contribution in [0.3, 0.4) is 0 Å². The van der Waals surface area contributed by atoms with E-state index in [9.17, 15) is 8.42 Å². The van der Waals surface area contributed by atoms with Crippen LogP contribution in [-0.2, 0) is 23.1 Å². The minimum Gasteiger partial charge on any atom is -0.349 e. The average Bonchev–Trinajstić information content (AvgIpc) is 2.81. The Morgan fingerprint density at radius 3 is 2.70 bits per heavy atom. The smallest absolute Gasteiger partial charge is 0.242 e. The molecule has 0 saturated heterocycles. The Hall–Kier alpha value is -0.500. The first-order valence-electron chi connectivity index (χ1n) is 6.80. The lowest BCUT2D eigenvalue weighted by molar-refractivity contribution is 0.580. The minimum absolute atomic E-state index is 0.263. The van der Waals surface area contributed by atoms with Gasteiger partial charge in [0.2, 0.25) is 10.0 Å². The van der Waals surface area contributed by atoms with Gasteiger partial charge in [-0.3, -0.25) is 0 Å². The number of hydrogen-bond donors (Lipinski definition) is 2. The predicted molar refractivity (Wildman–Crippen MR) is 85.7 cm³/mol. The number of hydrogen-bond acceptors (Lipinski definition) is 4. The van der Waals surface area contributed by atoms with Gasteiger partial charge in [-0.25, -0.2) is 13.1 Å². The van der Waals surface area contributed by atoms with Crippen molar-refractivity contribution in [2.75, 3.05) is 19.8 Å². The maximum atomic E-state index is 12.3. The van der Waals surface area contributed by atoms with Crippen LogP contribution < -0.4 is 10.0 Å². The van der Waals surface area contributed by atoms with E-state index in [1.54, 1.807) is 24.0 Å². The molecule has 1 unspecified atom stereocenters. The lowest BCUT2D eigenvalue weighted by Gasteiger charge is -2.09. The van der Waals surface area contributed by atoms with Gasteiger partial charge in [0.15, 0.2) is 0 Å². The third-order valence-electron chi connectivity index (χ3n) is 3.06. The number of thioether (sulfide) groups is 1. The molecule has 1 aromatic heterocycles. The van der Waals surface area contributed by atoms with E-state index in [4.69, 9.17) is 0 Å². The molecule has 0 bridgehead atoms. The number of rotatable bonds is 9. The van der Waals surface area contributed by atoms with Crippen molar-refractivity contribution in [2.45, 2.75) is 43.5 Å². The van der Waals surface area contributed by atoms with Gasteiger partial charge in [-0.05, 0) is 25.8 Å². The molecule has 1 atom stereocenters. The van der Waals surface area contributed by atoms with Crippen LogP contribution in [0.2, 0.25) is 0 Å². The van der Waals surface area contributed by atoms with E-state index in [2.05, 4.69) is 17.0 Å². The third-order valence-corrected chi connectivity index (χ3v) is 5.42. The lowest BCUT2D eigenvalue weighted by atomic mass is 10.4. The van der Waals surface area contributed by atoms with Crippen LogP contribution in [0.5, 0.6) is 0 Å². The normalized spacial score (nSPS) is 13.6. The first-order chi connectivity index (χ1) is 9.44. The van der Waals surface area contributed by atoms with E-state index >= 15 is 0 Å². The summed E-state index contributed by atoms with van der Waals surface area (Å²) in [6.45, 7) is 6.02. The Balaban J connectivity index is 2.91. The molecular formula is C13H25N3O2S2. The summed E-state index contributed by atoms with van der Waals surface area (Å²) in [7, 11) is -1.56. The van der Waals surface area contributed by atoms with E-state index in [0.717, 1.165) is 18.7 Å². The molecule has 1 aromatic rings. The monoisotopic (exact) mass is 319 g/mol. The number of aryl methyl sites for hydroxylation is 1. The maximum Gasteiger partial charge on any atom is 0.242 e. The van der Waals surface area contributed by atoms with Crippen molar-refractivity contribution in [1.29, 1.82) is 0 Å². The van der Waals surface area contributed by atoms with E-state index < -0.39 is 10.0 Å². The molecule has 20 heavy (non-hydrogen) atoms. The average molecular weight is 319 g/mol. The molecule has 0 radical (unpaired) electrons. The largest absolute Gasteiger partial charge is 0.349 e. The Bertz CT molecular complexity index is 488. The van der Waals surface area contributed by atoms with Crippen molar-refractivity contribution in [2.24, 2.45) is 0 Å². The van der Waals surface area contributed by atoms with Crippen molar-refractivity contribution >= 4 is 21.8 Å². The van der Waals surface area contributed by atoms with Crippen LogP contribution in [-0.4, -0.2) is 38.1 Å². The molecule has 2 N–H and O–H groups in total. The van der Waals surface area contributed by atoms with Gasteiger partial charge in [0, 0.05) is 36.8 Å². The molecule has 0 spiro atoms. The van der Waals surface area contributed by atoms with Crippen LogP contribution in [0.1, 0.15) is 26.0 Å². The molecule has 0 saturated carbocycles. The molecule has 116 valence electrons. The van der Waals surface area contributed by atoms with Crippen LogP contribution in [0.25, 0.3) is 0 Å². The topological polar surface area (TPSA) is 63.1 Å². The van der Waals surface area contributed by atoms with Crippen LogP contribution in [0, 0.1) is 0 Å². The van der Waals surface area contributed by atoms with Crippen molar-refractivity contribution in [1.82, 2.24) is 14.6 Å². The maximum absolute atomic E-state index is 12.3. The van der Waals surface area contributed by atoms with Gasteiger partial charge in [-0.2, -0.15) is 11.8 Å². The second-order valence-electron chi connectivity index (χ2n) is 4.79. The molecule has 7 heteroatoms. The number of nitrogens with one attached hydrogen (secondary N) is 2. The quantitative estimate of drug-likeness (QED) is 0.726. The first kappa shape index (κ1) is 17.6. The van der Waals surface area contributed by atoms with Gasteiger partial charge in [-0.15, -0.1) is 0 Å². The summed E-state index contributed by atoms with van der Waals surface area (Å²) in [4.78, 5) is 0.351. The van der Waals surface area contributed by atoms with Crippen LogP contribution >= 0.6 is 11.8 Å². The Kier molecular flexibility index (Phi) is 7.08. The fourth-order valence-electron chi connectivity index (χ4n) is 1.84. The summed E-state index contributed by atoms with van der Waals surface area (Å²) in [5, 5.41) is 3.33. The minimum atomic E-state index is -3.42. The van der Waals surface area contributed by atoms with Gasteiger partial charge in [0.1, 0.15) is 0 Å². The third kappa shape index (κ3) is 4.80. The van der Waals surface area contributed by atoms with Gasteiger partial charge < -0.3 is 9.88 Å². The summed E-state index contributed by atoms with van der Waals surface area (Å²) in [5.41, 5.74) is 0.993. The summed E-state index contributed by atoms with van der Waals surface area (Å²) in [6, 6.07) is 1.75. The number of sulfonamides is 1. The molecule has 0 aromatic carbocycles. The van der Waals surface area contributed by atoms with Gasteiger partial charge in [0.25, 0.3) is 0 Å². The summed E-state index contributed by atoms with van der Waals surface area (Å²) < 4.78 is 29.2. The predicted octanol–water partition coefficient (Wildman–Crippen LogP) is 1.65. The fraction of sp³-hybridized carbons (Fsp3) is 0.692. The summed E-state index contributed by atoms with van der Waals surface area (Å²) in [6.07, 6.45) is 4.67. The fourth-order valence-corrected chi connectivity index (χ4v) is 3.39. The van der Waals surface area contributed by atoms with Crippen molar-refractivity contribution in [3.63, 3.8) is 0 Å². The zero-order chi connectivity index (χ0) is 15.2. The van der Waals surface area contributed by atoms with Gasteiger partial charge in [0.05, 0.1) is 4.90 Å². The van der Waals surface area contributed by atoms with Gasteiger partial charge in [-0.1, -0.05) is 13.8 Å².